The highest BCUT2D eigenvalue weighted by Crippen LogP contribution is 2.02. The van der Waals surface area contributed by atoms with E-state index >= 15 is 0 Å². The van der Waals surface area contributed by atoms with E-state index in [1.165, 1.54) is 0 Å². The number of oxazole rings is 1. The highest BCUT2D eigenvalue weighted by Gasteiger charge is 2.16. The first-order valence-electron chi connectivity index (χ1n) is 5.27. The number of carbonyl (C=O) groups is 1. The fourth-order valence-corrected chi connectivity index (χ4v) is 1.51. The first-order valence-corrected chi connectivity index (χ1v) is 5.27. The monoisotopic (exact) mass is 225 g/mol. The van der Waals surface area contributed by atoms with Gasteiger partial charge in [-0.25, -0.2) is 9.78 Å². The Hall–Kier alpha value is -1.56. The summed E-state index contributed by atoms with van der Waals surface area (Å²) >= 11 is 0. The van der Waals surface area contributed by atoms with Crippen LogP contribution in [0.1, 0.15) is 11.7 Å². The third-order valence-corrected chi connectivity index (χ3v) is 2.36. The van der Waals surface area contributed by atoms with Crippen molar-refractivity contribution >= 4 is 6.03 Å². The first-order chi connectivity index (χ1) is 7.75. The molecule has 0 radical (unpaired) electrons. The lowest BCUT2D eigenvalue weighted by Gasteiger charge is -2.26. The maximum absolute atomic E-state index is 11.7. The standard InChI is InChI=1S/C10H15N3O3/c1-8-6-11-9(16-8)7-12-10(14)13-2-4-15-5-3-13/h6H,2-5,7H2,1H3,(H,12,14). The molecule has 2 heterocycles. The summed E-state index contributed by atoms with van der Waals surface area (Å²) in [6, 6.07) is -0.0980. The summed E-state index contributed by atoms with van der Waals surface area (Å²) in [6.07, 6.45) is 1.64. The zero-order valence-corrected chi connectivity index (χ0v) is 9.23. The van der Waals surface area contributed by atoms with E-state index in [0.29, 0.717) is 38.7 Å². The van der Waals surface area contributed by atoms with Crippen LogP contribution in [0, 0.1) is 6.92 Å². The molecule has 6 nitrogen and oxygen atoms in total. The van der Waals surface area contributed by atoms with Crippen molar-refractivity contribution in [1.29, 1.82) is 0 Å². The molecule has 0 aromatic carbocycles. The van der Waals surface area contributed by atoms with Crippen molar-refractivity contribution in [2.24, 2.45) is 0 Å². The van der Waals surface area contributed by atoms with Gasteiger partial charge in [0.2, 0.25) is 5.89 Å². The van der Waals surface area contributed by atoms with Crippen LogP contribution in [0.5, 0.6) is 0 Å². The van der Waals surface area contributed by atoms with Gasteiger partial charge in [-0.15, -0.1) is 0 Å². The van der Waals surface area contributed by atoms with Crippen LogP contribution in [-0.2, 0) is 11.3 Å². The molecule has 0 bridgehead atoms. The molecule has 1 fully saturated rings. The second-order valence-electron chi connectivity index (χ2n) is 3.62. The Morgan fingerprint density at radius 3 is 2.94 bits per heavy atom. The predicted octanol–water partition coefficient (Wildman–Crippen LogP) is 0.525. The molecule has 0 atom stereocenters. The van der Waals surface area contributed by atoms with Crippen molar-refractivity contribution in [2.75, 3.05) is 26.3 Å². The maximum atomic E-state index is 11.7. The number of urea groups is 1. The molecule has 16 heavy (non-hydrogen) atoms. The van der Waals surface area contributed by atoms with Crippen molar-refractivity contribution in [3.63, 3.8) is 0 Å². The number of aryl methyl sites for hydroxylation is 1. The van der Waals surface area contributed by atoms with Crippen LogP contribution in [0.25, 0.3) is 0 Å². The van der Waals surface area contributed by atoms with Crippen LogP contribution in [0.4, 0.5) is 4.79 Å². The molecule has 1 N–H and O–H groups in total. The van der Waals surface area contributed by atoms with E-state index < -0.39 is 0 Å². The average Bonchev–Trinajstić information content (AvgIpc) is 2.73. The highest BCUT2D eigenvalue weighted by molar-refractivity contribution is 5.74. The Labute approximate surface area is 93.6 Å². The van der Waals surface area contributed by atoms with E-state index in [1.807, 2.05) is 6.92 Å². The van der Waals surface area contributed by atoms with E-state index in [2.05, 4.69) is 10.3 Å². The van der Waals surface area contributed by atoms with Crippen LogP contribution < -0.4 is 5.32 Å². The Kier molecular flexibility index (Phi) is 3.40. The molecular formula is C10H15N3O3. The van der Waals surface area contributed by atoms with Crippen molar-refractivity contribution < 1.29 is 13.9 Å². The van der Waals surface area contributed by atoms with Crippen molar-refractivity contribution in [1.82, 2.24) is 15.2 Å². The van der Waals surface area contributed by atoms with Gasteiger partial charge in [-0.05, 0) is 6.92 Å². The quantitative estimate of drug-likeness (QED) is 0.797. The molecule has 1 aromatic heterocycles. The Morgan fingerprint density at radius 2 is 2.31 bits per heavy atom. The first kappa shape index (κ1) is 10.9. The van der Waals surface area contributed by atoms with E-state index in [0.717, 1.165) is 5.76 Å². The van der Waals surface area contributed by atoms with Gasteiger partial charge in [-0.3, -0.25) is 0 Å². The minimum Gasteiger partial charge on any atom is -0.444 e. The third-order valence-electron chi connectivity index (χ3n) is 2.36. The van der Waals surface area contributed by atoms with E-state index in [9.17, 15) is 4.79 Å². The number of rotatable bonds is 2. The fraction of sp³-hybridized carbons (Fsp3) is 0.600. The second-order valence-corrected chi connectivity index (χ2v) is 3.62. The fourth-order valence-electron chi connectivity index (χ4n) is 1.51. The minimum absolute atomic E-state index is 0.0980. The van der Waals surface area contributed by atoms with Gasteiger partial charge in [0.1, 0.15) is 5.76 Å². The van der Waals surface area contributed by atoms with E-state index in [4.69, 9.17) is 9.15 Å². The number of ether oxygens (including phenoxy) is 1. The van der Waals surface area contributed by atoms with Gasteiger partial charge in [0.15, 0.2) is 0 Å². The van der Waals surface area contributed by atoms with Crippen molar-refractivity contribution in [3.8, 4) is 0 Å². The summed E-state index contributed by atoms with van der Waals surface area (Å²) in [4.78, 5) is 17.4. The topological polar surface area (TPSA) is 67.6 Å². The molecule has 2 amide bonds. The smallest absolute Gasteiger partial charge is 0.317 e. The third kappa shape index (κ3) is 2.73. The number of nitrogens with one attached hydrogen (secondary N) is 1. The largest absolute Gasteiger partial charge is 0.444 e. The maximum Gasteiger partial charge on any atom is 0.317 e. The Bertz CT molecular complexity index is 358. The molecule has 88 valence electrons. The van der Waals surface area contributed by atoms with E-state index in [1.54, 1.807) is 11.1 Å². The molecule has 1 aliphatic heterocycles. The van der Waals surface area contributed by atoms with Gasteiger partial charge in [-0.2, -0.15) is 0 Å². The highest BCUT2D eigenvalue weighted by atomic mass is 16.5. The summed E-state index contributed by atoms with van der Waals surface area (Å²) in [5.74, 6) is 1.27. The lowest BCUT2D eigenvalue weighted by atomic mass is 10.4. The lowest BCUT2D eigenvalue weighted by Crippen LogP contribution is -2.45. The number of morpholine rings is 1. The van der Waals surface area contributed by atoms with Crippen molar-refractivity contribution in [3.05, 3.63) is 17.8 Å². The van der Waals surface area contributed by atoms with Crippen LogP contribution in [0.2, 0.25) is 0 Å². The van der Waals surface area contributed by atoms with Crippen LogP contribution in [0.3, 0.4) is 0 Å². The molecule has 0 unspecified atom stereocenters. The molecule has 2 rings (SSSR count). The lowest BCUT2D eigenvalue weighted by molar-refractivity contribution is 0.0530. The zero-order chi connectivity index (χ0) is 11.4. The molecule has 0 aliphatic carbocycles. The van der Waals surface area contributed by atoms with Crippen LogP contribution >= 0.6 is 0 Å². The predicted molar refractivity (Wildman–Crippen MR) is 55.9 cm³/mol. The number of amides is 2. The number of hydrogen-bond donors (Lipinski definition) is 1. The molecule has 0 saturated carbocycles. The normalized spacial score (nSPS) is 16.2. The average molecular weight is 225 g/mol. The summed E-state index contributed by atoms with van der Waals surface area (Å²) in [7, 11) is 0. The summed E-state index contributed by atoms with van der Waals surface area (Å²) in [5, 5.41) is 2.76. The summed E-state index contributed by atoms with van der Waals surface area (Å²) in [5.41, 5.74) is 0. The van der Waals surface area contributed by atoms with Gasteiger partial charge in [0.05, 0.1) is 26.0 Å². The SMILES string of the molecule is Cc1cnc(CNC(=O)N2CCOCC2)o1. The van der Waals surface area contributed by atoms with Crippen LogP contribution in [-0.4, -0.2) is 42.2 Å². The molecular weight excluding hydrogens is 210 g/mol. The van der Waals surface area contributed by atoms with Crippen LogP contribution in [0.15, 0.2) is 10.6 Å². The Balaban J connectivity index is 1.78. The van der Waals surface area contributed by atoms with Gasteiger partial charge in [0.25, 0.3) is 0 Å². The molecule has 1 aliphatic rings. The number of nitrogens with zero attached hydrogens (tertiary/aromatic N) is 2. The number of hydrogen-bond acceptors (Lipinski definition) is 4. The zero-order valence-electron chi connectivity index (χ0n) is 9.23. The number of carbonyl (C=O) groups excluding carboxylic acids is 1. The van der Waals surface area contributed by atoms with Gasteiger partial charge in [-0.1, -0.05) is 0 Å². The molecule has 1 saturated heterocycles. The Morgan fingerprint density at radius 1 is 1.56 bits per heavy atom. The second kappa shape index (κ2) is 4.98. The van der Waals surface area contributed by atoms with Crippen molar-refractivity contribution in [2.45, 2.75) is 13.5 Å². The molecule has 6 heteroatoms. The molecule has 1 aromatic rings. The number of aromatic nitrogens is 1. The summed E-state index contributed by atoms with van der Waals surface area (Å²) < 4.78 is 10.4. The minimum atomic E-state index is -0.0980. The van der Waals surface area contributed by atoms with E-state index in [-0.39, 0.29) is 6.03 Å². The molecule has 0 spiro atoms. The van der Waals surface area contributed by atoms with Gasteiger partial charge < -0.3 is 19.4 Å². The summed E-state index contributed by atoms with van der Waals surface area (Å²) in [6.45, 7) is 4.62. The van der Waals surface area contributed by atoms with Gasteiger partial charge in [0, 0.05) is 13.1 Å². The van der Waals surface area contributed by atoms with Gasteiger partial charge >= 0.3 is 6.03 Å².